The number of aryl methyl sites for hydroxylation is 1. The van der Waals surface area contributed by atoms with Crippen molar-refractivity contribution in [3.63, 3.8) is 0 Å². The van der Waals surface area contributed by atoms with E-state index in [2.05, 4.69) is 9.88 Å². The SMILES string of the molecule is O=C(CCn1cnc2sccc2c1=O)N1CCN(CC2CCCO2)CC1. The second-order valence-corrected chi connectivity index (χ2v) is 7.84. The highest BCUT2D eigenvalue weighted by Gasteiger charge is 2.24. The molecule has 140 valence electrons. The van der Waals surface area contributed by atoms with Crippen molar-refractivity contribution in [2.24, 2.45) is 0 Å². The van der Waals surface area contributed by atoms with E-state index in [0.717, 1.165) is 57.0 Å². The number of fused-ring (bicyclic) bond motifs is 1. The molecule has 0 saturated carbocycles. The van der Waals surface area contributed by atoms with E-state index in [1.54, 1.807) is 17.0 Å². The Balaban J connectivity index is 1.27. The van der Waals surface area contributed by atoms with Crippen molar-refractivity contribution in [3.05, 3.63) is 28.1 Å². The zero-order valence-electron chi connectivity index (χ0n) is 14.8. The van der Waals surface area contributed by atoms with Crippen molar-refractivity contribution in [3.8, 4) is 0 Å². The molecule has 2 fully saturated rings. The molecule has 0 aromatic carbocycles. The maximum Gasteiger partial charge on any atom is 0.262 e. The normalized spacial score (nSPS) is 21.5. The van der Waals surface area contributed by atoms with Crippen molar-refractivity contribution in [1.29, 1.82) is 0 Å². The number of amides is 1. The van der Waals surface area contributed by atoms with Gasteiger partial charge in [0.25, 0.3) is 5.56 Å². The summed E-state index contributed by atoms with van der Waals surface area (Å²) < 4.78 is 7.24. The summed E-state index contributed by atoms with van der Waals surface area (Å²) in [5, 5.41) is 2.50. The largest absolute Gasteiger partial charge is 0.377 e. The first-order valence-electron chi connectivity index (χ1n) is 9.25. The summed E-state index contributed by atoms with van der Waals surface area (Å²) in [6.45, 7) is 5.54. The lowest BCUT2D eigenvalue weighted by molar-refractivity contribution is -0.133. The van der Waals surface area contributed by atoms with E-state index >= 15 is 0 Å². The molecule has 1 amide bonds. The molecule has 2 aliphatic rings. The van der Waals surface area contributed by atoms with E-state index < -0.39 is 0 Å². The predicted molar refractivity (Wildman–Crippen MR) is 100 cm³/mol. The van der Waals surface area contributed by atoms with Gasteiger partial charge in [0.1, 0.15) is 4.83 Å². The number of rotatable bonds is 5. The number of hydrogen-bond acceptors (Lipinski definition) is 6. The van der Waals surface area contributed by atoms with Crippen LogP contribution in [0, 0.1) is 0 Å². The minimum Gasteiger partial charge on any atom is -0.377 e. The fourth-order valence-electron chi connectivity index (χ4n) is 3.68. The molecule has 2 aliphatic heterocycles. The molecular weight excluding hydrogens is 352 g/mol. The number of carbonyl (C=O) groups excluding carboxylic acids is 1. The smallest absolute Gasteiger partial charge is 0.262 e. The quantitative estimate of drug-likeness (QED) is 0.784. The van der Waals surface area contributed by atoms with Crippen LogP contribution in [-0.4, -0.2) is 70.7 Å². The van der Waals surface area contributed by atoms with Crippen LogP contribution in [0.25, 0.3) is 10.2 Å². The third-order valence-corrected chi connectivity index (χ3v) is 6.05. The Morgan fingerprint density at radius 3 is 2.92 bits per heavy atom. The Hall–Kier alpha value is -1.77. The predicted octanol–water partition coefficient (Wildman–Crippen LogP) is 1.17. The van der Waals surface area contributed by atoms with Gasteiger partial charge in [-0.05, 0) is 24.3 Å². The van der Waals surface area contributed by atoms with Gasteiger partial charge in [0.15, 0.2) is 0 Å². The summed E-state index contributed by atoms with van der Waals surface area (Å²) in [5.74, 6) is 0.110. The van der Waals surface area contributed by atoms with Crippen LogP contribution in [-0.2, 0) is 16.1 Å². The third-order valence-electron chi connectivity index (χ3n) is 5.23. The van der Waals surface area contributed by atoms with Gasteiger partial charge in [-0.15, -0.1) is 11.3 Å². The molecule has 26 heavy (non-hydrogen) atoms. The fourth-order valence-corrected chi connectivity index (χ4v) is 4.41. The molecule has 0 N–H and O–H groups in total. The lowest BCUT2D eigenvalue weighted by Crippen LogP contribution is -2.50. The maximum atomic E-state index is 12.5. The molecule has 0 radical (unpaired) electrons. The molecular formula is C18H24N4O3S. The van der Waals surface area contributed by atoms with Gasteiger partial charge in [0.2, 0.25) is 5.91 Å². The van der Waals surface area contributed by atoms with Crippen LogP contribution in [0.5, 0.6) is 0 Å². The van der Waals surface area contributed by atoms with Gasteiger partial charge in [0.05, 0.1) is 17.8 Å². The highest BCUT2D eigenvalue weighted by Crippen LogP contribution is 2.15. The first-order valence-corrected chi connectivity index (χ1v) is 10.1. The van der Waals surface area contributed by atoms with Crippen LogP contribution < -0.4 is 5.56 Å². The van der Waals surface area contributed by atoms with Crippen LogP contribution in [0.3, 0.4) is 0 Å². The standard InChI is InChI=1S/C18H24N4O3S/c23-16(3-5-22-13-19-17-15(18(22)24)4-11-26-17)21-8-6-20(7-9-21)12-14-2-1-10-25-14/h4,11,13-14H,1-3,5-10,12H2. The number of ether oxygens (including phenoxy) is 1. The van der Waals surface area contributed by atoms with E-state index in [1.807, 2.05) is 10.3 Å². The van der Waals surface area contributed by atoms with Crippen LogP contribution >= 0.6 is 11.3 Å². The van der Waals surface area contributed by atoms with Gasteiger partial charge in [-0.2, -0.15) is 0 Å². The topological polar surface area (TPSA) is 67.7 Å². The van der Waals surface area contributed by atoms with E-state index in [9.17, 15) is 9.59 Å². The third kappa shape index (κ3) is 3.82. The van der Waals surface area contributed by atoms with Crippen LogP contribution in [0.15, 0.2) is 22.6 Å². The number of carbonyl (C=O) groups is 1. The average molecular weight is 376 g/mol. The summed E-state index contributed by atoms with van der Waals surface area (Å²) in [7, 11) is 0. The Morgan fingerprint density at radius 2 is 2.15 bits per heavy atom. The summed E-state index contributed by atoms with van der Waals surface area (Å²) in [4.78, 5) is 34.2. The number of nitrogens with zero attached hydrogens (tertiary/aromatic N) is 4. The Kier molecular flexibility index (Phi) is 5.33. The first-order chi connectivity index (χ1) is 12.7. The molecule has 0 bridgehead atoms. The summed E-state index contributed by atoms with van der Waals surface area (Å²) in [5.41, 5.74) is -0.0644. The molecule has 7 nitrogen and oxygen atoms in total. The fraction of sp³-hybridized carbons (Fsp3) is 0.611. The van der Waals surface area contributed by atoms with Gasteiger partial charge in [-0.1, -0.05) is 0 Å². The second kappa shape index (κ2) is 7.85. The summed E-state index contributed by atoms with van der Waals surface area (Å²) in [6.07, 6.45) is 4.56. The Labute approximate surface area is 156 Å². The monoisotopic (exact) mass is 376 g/mol. The number of hydrogen-bond donors (Lipinski definition) is 0. The van der Waals surface area contributed by atoms with E-state index in [1.165, 1.54) is 11.3 Å². The molecule has 4 heterocycles. The van der Waals surface area contributed by atoms with Gasteiger partial charge in [-0.25, -0.2) is 4.98 Å². The molecule has 0 spiro atoms. The zero-order valence-corrected chi connectivity index (χ0v) is 15.6. The molecule has 8 heteroatoms. The van der Waals surface area contributed by atoms with Gasteiger partial charge in [0, 0.05) is 52.3 Å². The highest BCUT2D eigenvalue weighted by atomic mass is 32.1. The van der Waals surface area contributed by atoms with Gasteiger partial charge < -0.3 is 9.64 Å². The van der Waals surface area contributed by atoms with Gasteiger partial charge in [-0.3, -0.25) is 19.1 Å². The van der Waals surface area contributed by atoms with Crippen molar-refractivity contribution in [2.45, 2.75) is 31.9 Å². The lowest BCUT2D eigenvalue weighted by Gasteiger charge is -2.35. The molecule has 0 aliphatic carbocycles. The minimum atomic E-state index is -0.0644. The van der Waals surface area contributed by atoms with Crippen molar-refractivity contribution in [2.75, 3.05) is 39.3 Å². The number of thiophene rings is 1. The maximum absolute atomic E-state index is 12.5. The van der Waals surface area contributed by atoms with E-state index in [-0.39, 0.29) is 11.5 Å². The molecule has 2 saturated heterocycles. The number of piperazine rings is 1. The zero-order chi connectivity index (χ0) is 17.9. The first kappa shape index (κ1) is 17.6. The number of aromatic nitrogens is 2. The van der Waals surface area contributed by atoms with Crippen molar-refractivity contribution >= 4 is 27.5 Å². The van der Waals surface area contributed by atoms with Crippen LogP contribution in [0.1, 0.15) is 19.3 Å². The molecule has 2 aromatic heterocycles. The van der Waals surface area contributed by atoms with Crippen LogP contribution in [0.2, 0.25) is 0 Å². The van der Waals surface area contributed by atoms with E-state index in [4.69, 9.17) is 4.74 Å². The molecule has 4 rings (SSSR count). The summed E-state index contributed by atoms with van der Waals surface area (Å²) in [6, 6.07) is 1.79. The highest BCUT2D eigenvalue weighted by molar-refractivity contribution is 7.16. The molecule has 2 aromatic rings. The van der Waals surface area contributed by atoms with Crippen molar-refractivity contribution < 1.29 is 9.53 Å². The lowest BCUT2D eigenvalue weighted by atomic mass is 10.2. The Bertz CT molecular complexity index is 819. The minimum absolute atomic E-state index is 0.0644. The van der Waals surface area contributed by atoms with Crippen LogP contribution in [0.4, 0.5) is 0 Å². The molecule has 1 unspecified atom stereocenters. The second-order valence-electron chi connectivity index (χ2n) is 6.95. The van der Waals surface area contributed by atoms with E-state index in [0.29, 0.717) is 24.5 Å². The molecule has 1 atom stereocenters. The average Bonchev–Trinajstić information content (AvgIpc) is 3.33. The summed E-state index contributed by atoms with van der Waals surface area (Å²) >= 11 is 1.46. The van der Waals surface area contributed by atoms with Gasteiger partial charge >= 0.3 is 0 Å². The van der Waals surface area contributed by atoms with Crippen molar-refractivity contribution in [1.82, 2.24) is 19.4 Å². The Morgan fingerprint density at radius 1 is 1.31 bits per heavy atom.